The van der Waals surface area contributed by atoms with Gasteiger partial charge in [0.1, 0.15) is 0 Å². The molecule has 2 aliphatic rings. The summed E-state index contributed by atoms with van der Waals surface area (Å²) in [6.45, 7) is 2.20. The van der Waals surface area contributed by atoms with E-state index in [-0.39, 0.29) is 0 Å². The molecule has 0 bridgehead atoms. The van der Waals surface area contributed by atoms with Crippen LogP contribution in [-0.2, 0) is 0 Å². The van der Waals surface area contributed by atoms with Crippen LogP contribution in [0.4, 0.5) is 5.69 Å². The van der Waals surface area contributed by atoms with Crippen molar-refractivity contribution >= 4 is 17.0 Å². The summed E-state index contributed by atoms with van der Waals surface area (Å²) in [6, 6.07) is 8.40. The molecule has 84 valence electrons. The molecule has 1 aliphatic heterocycles. The number of hydrogen-bond acceptors (Lipinski definition) is 1. The molecule has 0 saturated heterocycles. The molecule has 3 rings (SSSR count). The first-order chi connectivity index (χ1) is 8.38. The van der Waals surface area contributed by atoms with Crippen LogP contribution in [0.5, 0.6) is 0 Å². The minimum atomic E-state index is 0.336. The Labute approximate surface area is 102 Å². The molecule has 1 atom stereocenters. The fraction of sp³-hybridized carbons (Fsp3) is 0.188. The topological polar surface area (TPSA) is 12.4 Å². The van der Waals surface area contributed by atoms with Crippen LogP contribution in [0, 0.1) is 5.92 Å². The van der Waals surface area contributed by atoms with Gasteiger partial charge in [-0.2, -0.15) is 0 Å². The first-order valence-corrected chi connectivity index (χ1v) is 6.12. The highest BCUT2D eigenvalue weighted by Gasteiger charge is 2.17. The number of hydrogen-bond donors (Lipinski definition) is 0. The predicted octanol–water partition coefficient (Wildman–Crippen LogP) is 4.31. The Kier molecular flexibility index (Phi) is 2.52. The third-order valence-corrected chi connectivity index (χ3v) is 3.30. The number of rotatable bonds is 1. The molecule has 1 nitrogen and oxygen atoms in total. The largest absolute Gasteiger partial charge is 0.252 e. The van der Waals surface area contributed by atoms with Crippen LogP contribution >= 0.6 is 0 Å². The summed E-state index contributed by atoms with van der Waals surface area (Å²) in [5.41, 5.74) is 4.91. The third-order valence-electron chi connectivity index (χ3n) is 3.30. The molecule has 17 heavy (non-hydrogen) atoms. The van der Waals surface area contributed by atoms with Gasteiger partial charge in [-0.25, -0.2) is 0 Å². The molecular weight excluding hydrogens is 206 g/mol. The van der Waals surface area contributed by atoms with Gasteiger partial charge in [0, 0.05) is 11.5 Å². The Morgan fingerprint density at radius 3 is 2.94 bits per heavy atom. The molecule has 1 aliphatic carbocycles. The molecule has 1 unspecified atom stereocenters. The molecular formula is C16H15N. The highest BCUT2D eigenvalue weighted by molar-refractivity contribution is 6.04. The van der Waals surface area contributed by atoms with Crippen LogP contribution in [0.15, 0.2) is 59.6 Å². The van der Waals surface area contributed by atoms with Gasteiger partial charge in [0.05, 0.1) is 11.4 Å². The summed E-state index contributed by atoms with van der Waals surface area (Å²) in [4.78, 5) is 4.79. The van der Waals surface area contributed by atoms with E-state index in [0.29, 0.717) is 5.92 Å². The molecule has 1 heterocycles. The van der Waals surface area contributed by atoms with E-state index in [9.17, 15) is 0 Å². The number of fused-ring (bicyclic) bond motifs is 2. The minimum absolute atomic E-state index is 0.336. The van der Waals surface area contributed by atoms with Crippen LogP contribution in [0.3, 0.4) is 0 Å². The van der Waals surface area contributed by atoms with Crippen LogP contribution in [-0.4, -0.2) is 5.71 Å². The minimum Gasteiger partial charge on any atom is -0.252 e. The van der Waals surface area contributed by atoms with Gasteiger partial charge in [-0.15, -0.1) is 0 Å². The average Bonchev–Trinajstić information content (AvgIpc) is 2.54. The van der Waals surface area contributed by atoms with E-state index in [4.69, 9.17) is 4.99 Å². The zero-order valence-corrected chi connectivity index (χ0v) is 9.93. The number of aliphatic imine (C=N–C) groups is 1. The Hall–Kier alpha value is -1.89. The van der Waals surface area contributed by atoms with E-state index in [1.807, 2.05) is 0 Å². The molecule has 1 heteroatoms. The molecule has 0 spiro atoms. The molecule has 0 saturated carbocycles. The summed E-state index contributed by atoms with van der Waals surface area (Å²) >= 11 is 0. The first-order valence-electron chi connectivity index (χ1n) is 6.12. The van der Waals surface area contributed by atoms with E-state index in [1.54, 1.807) is 0 Å². The second kappa shape index (κ2) is 4.17. The Morgan fingerprint density at radius 2 is 2.06 bits per heavy atom. The van der Waals surface area contributed by atoms with E-state index in [2.05, 4.69) is 61.6 Å². The summed E-state index contributed by atoms with van der Waals surface area (Å²) in [7, 11) is 0. The molecule has 1 aromatic carbocycles. The molecule has 0 radical (unpaired) electrons. The van der Waals surface area contributed by atoms with Gasteiger partial charge >= 0.3 is 0 Å². The Bertz CT molecular complexity index is 559. The van der Waals surface area contributed by atoms with Crippen molar-refractivity contribution in [3.05, 3.63) is 60.2 Å². The van der Waals surface area contributed by atoms with Crippen molar-refractivity contribution in [2.24, 2.45) is 10.9 Å². The summed E-state index contributed by atoms with van der Waals surface area (Å²) in [5.74, 6) is 0.336. The zero-order chi connectivity index (χ0) is 11.7. The van der Waals surface area contributed by atoms with E-state index in [1.165, 1.54) is 11.1 Å². The lowest BCUT2D eigenvalue weighted by Gasteiger charge is -2.10. The second-order valence-corrected chi connectivity index (χ2v) is 4.37. The van der Waals surface area contributed by atoms with Crippen LogP contribution in [0.25, 0.3) is 5.57 Å². The van der Waals surface area contributed by atoms with E-state index < -0.39 is 0 Å². The van der Waals surface area contributed by atoms with Crippen LogP contribution in [0.2, 0.25) is 0 Å². The quantitative estimate of drug-likeness (QED) is 0.670. The summed E-state index contributed by atoms with van der Waals surface area (Å²) in [6.07, 6.45) is 11.9. The van der Waals surface area contributed by atoms with Crippen LogP contribution in [0.1, 0.15) is 18.9 Å². The normalized spacial score (nSPS) is 21.1. The zero-order valence-electron chi connectivity index (χ0n) is 9.93. The molecule has 0 N–H and O–H groups in total. The molecule has 1 aromatic rings. The van der Waals surface area contributed by atoms with Crippen molar-refractivity contribution in [1.29, 1.82) is 0 Å². The second-order valence-electron chi connectivity index (χ2n) is 4.37. The maximum absolute atomic E-state index is 4.79. The van der Waals surface area contributed by atoms with Crippen molar-refractivity contribution in [2.45, 2.75) is 13.3 Å². The fourth-order valence-electron chi connectivity index (χ4n) is 2.40. The Balaban J connectivity index is 2.21. The number of allylic oxidation sites excluding steroid dienone is 6. The number of nitrogens with zero attached hydrogens (tertiary/aromatic N) is 1. The van der Waals surface area contributed by atoms with Gasteiger partial charge in [0.25, 0.3) is 0 Å². The van der Waals surface area contributed by atoms with Crippen molar-refractivity contribution in [2.75, 3.05) is 0 Å². The third kappa shape index (κ3) is 1.78. The average molecular weight is 221 g/mol. The maximum Gasteiger partial charge on any atom is 0.0708 e. The lowest BCUT2D eigenvalue weighted by Crippen LogP contribution is -2.08. The lowest BCUT2D eigenvalue weighted by atomic mass is 9.94. The van der Waals surface area contributed by atoms with Gasteiger partial charge in [-0.1, -0.05) is 49.4 Å². The van der Waals surface area contributed by atoms with Gasteiger partial charge in [0.15, 0.2) is 0 Å². The van der Waals surface area contributed by atoms with E-state index >= 15 is 0 Å². The van der Waals surface area contributed by atoms with Gasteiger partial charge in [-0.05, 0) is 24.1 Å². The van der Waals surface area contributed by atoms with Gasteiger partial charge in [-0.3, -0.25) is 4.99 Å². The van der Waals surface area contributed by atoms with Crippen molar-refractivity contribution < 1.29 is 0 Å². The van der Waals surface area contributed by atoms with Crippen molar-refractivity contribution in [3.8, 4) is 0 Å². The fourth-order valence-corrected chi connectivity index (χ4v) is 2.40. The SMILES string of the molecule is CCC1=CC2C=CC=CC2=Nc2ccccc21. The summed E-state index contributed by atoms with van der Waals surface area (Å²) in [5, 5.41) is 0. The molecule has 0 amide bonds. The van der Waals surface area contributed by atoms with E-state index in [0.717, 1.165) is 17.8 Å². The Morgan fingerprint density at radius 1 is 1.18 bits per heavy atom. The number of para-hydroxylation sites is 1. The van der Waals surface area contributed by atoms with Gasteiger partial charge in [0.2, 0.25) is 0 Å². The van der Waals surface area contributed by atoms with Gasteiger partial charge < -0.3 is 0 Å². The highest BCUT2D eigenvalue weighted by atomic mass is 14.8. The molecule has 0 aromatic heterocycles. The predicted molar refractivity (Wildman–Crippen MR) is 73.6 cm³/mol. The monoisotopic (exact) mass is 221 g/mol. The van der Waals surface area contributed by atoms with Crippen LogP contribution < -0.4 is 0 Å². The van der Waals surface area contributed by atoms with Crippen molar-refractivity contribution in [1.82, 2.24) is 0 Å². The molecule has 0 fully saturated rings. The first kappa shape index (κ1) is 10.3. The number of benzene rings is 1. The summed E-state index contributed by atoms with van der Waals surface area (Å²) < 4.78 is 0. The maximum atomic E-state index is 4.79. The highest BCUT2D eigenvalue weighted by Crippen LogP contribution is 2.34. The lowest BCUT2D eigenvalue weighted by molar-refractivity contribution is 1.12. The van der Waals surface area contributed by atoms with Crippen molar-refractivity contribution in [3.63, 3.8) is 0 Å². The smallest absolute Gasteiger partial charge is 0.0708 e. The standard InChI is InChI=1S/C16H15N/c1-2-12-11-13-7-3-5-9-15(13)17-16-10-6-4-8-14(12)16/h3-11,13H,2H2,1H3.